The third kappa shape index (κ3) is 5.57. The molecule has 3 heteroatoms. The molecule has 0 spiro atoms. The summed E-state index contributed by atoms with van der Waals surface area (Å²) in [5, 5.41) is 0. The predicted molar refractivity (Wildman–Crippen MR) is 60.3 cm³/mol. The van der Waals surface area contributed by atoms with Crippen LogP contribution < -0.4 is 0 Å². The Morgan fingerprint density at radius 3 is 2.47 bits per heavy atom. The first-order valence-electron chi connectivity index (χ1n) is 5.41. The number of ether oxygens (including phenoxy) is 2. The van der Waals surface area contributed by atoms with Crippen LogP contribution in [0.25, 0.3) is 0 Å². The fourth-order valence-corrected chi connectivity index (χ4v) is 1.14. The molecule has 0 aliphatic heterocycles. The monoisotopic (exact) mass is 216 g/mol. The zero-order chi connectivity index (χ0) is 11.7. The highest BCUT2D eigenvalue weighted by Crippen LogP contribution is 2.24. The van der Waals surface area contributed by atoms with E-state index in [0.717, 1.165) is 24.2 Å². The molecule has 0 radical (unpaired) electrons. The third-order valence-electron chi connectivity index (χ3n) is 2.02. The lowest BCUT2D eigenvalue weighted by Gasteiger charge is -2.14. The molecule has 1 aliphatic rings. The van der Waals surface area contributed by atoms with Gasteiger partial charge in [0.1, 0.15) is 12.4 Å². The molecule has 0 unspecified atom stereocenters. The molecular formula is C12H21FO2. The molecule has 0 aromatic heterocycles. The summed E-state index contributed by atoms with van der Waals surface area (Å²) >= 11 is 0. The van der Waals surface area contributed by atoms with Crippen molar-refractivity contribution in [3.63, 3.8) is 0 Å². The number of halogens is 1. The Bertz CT molecular complexity index is 232. The van der Waals surface area contributed by atoms with Crippen LogP contribution in [0.4, 0.5) is 4.39 Å². The van der Waals surface area contributed by atoms with Gasteiger partial charge in [-0.05, 0) is 18.9 Å². The molecule has 0 atom stereocenters. The van der Waals surface area contributed by atoms with Gasteiger partial charge >= 0.3 is 0 Å². The second-order valence-corrected chi connectivity index (χ2v) is 3.08. The number of rotatable bonds is 4. The van der Waals surface area contributed by atoms with Crippen LogP contribution in [0, 0.1) is 0 Å². The van der Waals surface area contributed by atoms with Crippen molar-refractivity contribution in [3.05, 3.63) is 23.2 Å². The first-order chi connectivity index (χ1) is 7.24. The Labute approximate surface area is 91.8 Å². The second-order valence-electron chi connectivity index (χ2n) is 3.08. The molecule has 0 saturated carbocycles. The van der Waals surface area contributed by atoms with Gasteiger partial charge in [0.25, 0.3) is 0 Å². The van der Waals surface area contributed by atoms with E-state index in [1.54, 1.807) is 14.0 Å². The number of allylic oxidation sites excluding steroid dienone is 4. The van der Waals surface area contributed by atoms with E-state index in [4.69, 9.17) is 9.47 Å². The summed E-state index contributed by atoms with van der Waals surface area (Å²) in [6, 6.07) is 0. The Kier molecular flexibility index (Phi) is 8.01. The molecule has 0 aromatic rings. The van der Waals surface area contributed by atoms with E-state index in [1.807, 2.05) is 13.8 Å². The van der Waals surface area contributed by atoms with Crippen molar-refractivity contribution in [2.24, 2.45) is 0 Å². The highest BCUT2D eigenvalue weighted by Gasteiger charge is 2.10. The lowest BCUT2D eigenvalue weighted by Crippen LogP contribution is -2.04. The average molecular weight is 216 g/mol. The normalized spacial score (nSPS) is 15.4. The summed E-state index contributed by atoms with van der Waals surface area (Å²) in [6.07, 6.45) is 3.02. The molecule has 0 fully saturated rings. The Morgan fingerprint density at radius 2 is 1.93 bits per heavy atom. The maximum Gasteiger partial charge on any atom is 0.125 e. The first kappa shape index (κ1) is 14.2. The van der Waals surface area contributed by atoms with Gasteiger partial charge in [0.15, 0.2) is 0 Å². The zero-order valence-corrected chi connectivity index (χ0v) is 10.1. The molecule has 0 aromatic carbocycles. The summed E-state index contributed by atoms with van der Waals surface area (Å²) in [5.74, 6) is 0.568. The number of methoxy groups -OCH3 is 1. The second kappa shape index (κ2) is 8.48. The standard InChI is InChI=1S/C10H15FO2.C2H6/c1-8-3-4-9(7-10(8)11)13-6-5-12-2;1-2/h7H,3-6H2,1-2H3;1-2H3. The molecule has 1 aliphatic carbocycles. The molecular weight excluding hydrogens is 195 g/mol. The Balaban J connectivity index is 0.000000921. The van der Waals surface area contributed by atoms with E-state index in [0.29, 0.717) is 13.2 Å². The van der Waals surface area contributed by atoms with E-state index < -0.39 is 0 Å². The summed E-state index contributed by atoms with van der Waals surface area (Å²) in [4.78, 5) is 0. The van der Waals surface area contributed by atoms with E-state index in [-0.39, 0.29) is 5.83 Å². The van der Waals surface area contributed by atoms with E-state index in [9.17, 15) is 4.39 Å². The van der Waals surface area contributed by atoms with Crippen LogP contribution in [0.2, 0.25) is 0 Å². The molecule has 0 amide bonds. The van der Waals surface area contributed by atoms with Gasteiger partial charge in [-0.3, -0.25) is 0 Å². The minimum absolute atomic E-state index is 0.154. The fraction of sp³-hybridized carbons (Fsp3) is 0.667. The summed E-state index contributed by atoms with van der Waals surface area (Å²) in [5.41, 5.74) is 0.805. The summed E-state index contributed by atoms with van der Waals surface area (Å²) < 4.78 is 23.2. The van der Waals surface area contributed by atoms with Crippen LogP contribution in [0.5, 0.6) is 0 Å². The lowest BCUT2D eigenvalue weighted by atomic mass is 10.0. The molecule has 2 nitrogen and oxygen atoms in total. The quantitative estimate of drug-likeness (QED) is 0.668. The van der Waals surface area contributed by atoms with Crippen molar-refractivity contribution in [2.45, 2.75) is 33.6 Å². The zero-order valence-electron chi connectivity index (χ0n) is 10.1. The molecule has 0 heterocycles. The van der Waals surface area contributed by atoms with Crippen molar-refractivity contribution in [1.29, 1.82) is 0 Å². The van der Waals surface area contributed by atoms with Gasteiger partial charge in [-0.1, -0.05) is 13.8 Å². The maximum absolute atomic E-state index is 13.0. The van der Waals surface area contributed by atoms with Crippen LogP contribution in [0.1, 0.15) is 33.6 Å². The van der Waals surface area contributed by atoms with Gasteiger partial charge in [0, 0.05) is 19.6 Å². The fourth-order valence-electron chi connectivity index (χ4n) is 1.14. The van der Waals surface area contributed by atoms with Gasteiger partial charge in [-0.2, -0.15) is 0 Å². The summed E-state index contributed by atoms with van der Waals surface area (Å²) in [7, 11) is 1.61. The Morgan fingerprint density at radius 1 is 1.27 bits per heavy atom. The molecule has 0 N–H and O–H groups in total. The highest BCUT2D eigenvalue weighted by atomic mass is 19.1. The molecule has 15 heavy (non-hydrogen) atoms. The van der Waals surface area contributed by atoms with Gasteiger partial charge in [0.2, 0.25) is 0 Å². The van der Waals surface area contributed by atoms with Crippen LogP contribution in [0.15, 0.2) is 23.2 Å². The van der Waals surface area contributed by atoms with Crippen molar-refractivity contribution in [1.82, 2.24) is 0 Å². The van der Waals surface area contributed by atoms with E-state index in [1.165, 1.54) is 6.08 Å². The number of hydrogen-bond donors (Lipinski definition) is 0. The van der Waals surface area contributed by atoms with Crippen molar-refractivity contribution in [2.75, 3.05) is 20.3 Å². The van der Waals surface area contributed by atoms with Gasteiger partial charge in [-0.25, -0.2) is 4.39 Å². The third-order valence-corrected chi connectivity index (χ3v) is 2.02. The van der Waals surface area contributed by atoms with Crippen LogP contribution in [-0.2, 0) is 9.47 Å². The van der Waals surface area contributed by atoms with Crippen LogP contribution in [0.3, 0.4) is 0 Å². The van der Waals surface area contributed by atoms with Gasteiger partial charge in [0.05, 0.1) is 12.4 Å². The smallest absolute Gasteiger partial charge is 0.125 e. The average Bonchev–Trinajstić information content (AvgIpc) is 2.27. The molecule has 1 rings (SSSR count). The topological polar surface area (TPSA) is 18.5 Å². The minimum atomic E-state index is -0.154. The minimum Gasteiger partial charge on any atom is -0.495 e. The van der Waals surface area contributed by atoms with Crippen LogP contribution in [-0.4, -0.2) is 20.3 Å². The number of hydrogen-bond acceptors (Lipinski definition) is 2. The SMILES string of the molecule is CC.COCCOC1=CC(F)=C(C)CC1. The predicted octanol–water partition coefficient (Wildman–Crippen LogP) is 3.60. The van der Waals surface area contributed by atoms with Crippen molar-refractivity contribution < 1.29 is 13.9 Å². The molecule has 0 bridgehead atoms. The lowest BCUT2D eigenvalue weighted by molar-refractivity contribution is 0.105. The highest BCUT2D eigenvalue weighted by molar-refractivity contribution is 5.25. The van der Waals surface area contributed by atoms with Gasteiger partial charge in [-0.15, -0.1) is 0 Å². The van der Waals surface area contributed by atoms with Crippen molar-refractivity contribution >= 4 is 0 Å². The van der Waals surface area contributed by atoms with Crippen molar-refractivity contribution in [3.8, 4) is 0 Å². The van der Waals surface area contributed by atoms with Gasteiger partial charge < -0.3 is 9.47 Å². The van der Waals surface area contributed by atoms with Crippen LogP contribution >= 0.6 is 0 Å². The Hall–Kier alpha value is -0.830. The van der Waals surface area contributed by atoms with E-state index >= 15 is 0 Å². The summed E-state index contributed by atoms with van der Waals surface area (Å²) in [6.45, 7) is 6.84. The maximum atomic E-state index is 13.0. The largest absolute Gasteiger partial charge is 0.495 e. The molecule has 88 valence electrons. The first-order valence-corrected chi connectivity index (χ1v) is 5.41. The molecule has 0 saturated heterocycles. The van der Waals surface area contributed by atoms with E-state index in [2.05, 4.69) is 0 Å².